The molecule has 1 unspecified atom stereocenters. The number of anilines is 2. The van der Waals surface area contributed by atoms with Crippen molar-refractivity contribution < 1.29 is 22.7 Å². The molecule has 1 amide bonds. The van der Waals surface area contributed by atoms with Crippen LogP contribution in [0.3, 0.4) is 0 Å². The molecular formula is C31H32F3N9O3. The Morgan fingerprint density at radius 1 is 1.09 bits per heavy atom. The third-order valence-electron chi connectivity index (χ3n) is 8.36. The molecule has 3 aromatic heterocycles. The number of allylic oxidation sites excluding steroid dienone is 3. The predicted octanol–water partition coefficient (Wildman–Crippen LogP) is 3.69. The van der Waals surface area contributed by atoms with Gasteiger partial charge in [-0.15, -0.1) is 0 Å². The van der Waals surface area contributed by atoms with E-state index in [0.29, 0.717) is 47.1 Å². The summed E-state index contributed by atoms with van der Waals surface area (Å²) in [5.74, 6) is -0.371. The number of aromatic nitrogens is 6. The summed E-state index contributed by atoms with van der Waals surface area (Å²) in [6.07, 6.45) is 1.38. The minimum Gasteiger partial charge on any atom is -0.378 e. The number of morpholine rings is 1. The van der Waals surface area contributed by atoms with Gasteiger partial charge in [-0.25, -0.2) is 15.0 Å². The molecule has 0 bridgehead atoms. The summed E-state index contributed by atoms with van der Waals surface area (Å²) in [5, 5.41) is 5.57. The number of rotatable bonds is 6. The molecule has 46 heavy (non-hydrogen) atoms. The van der Waals surface area contributed by atoms with E-state index >= 15 is 13.2 Å². The van der Waals surface area contributed by atoms with Gasteiger partial charge in [0.2, 0.25) is 5.95 Å². The van der Waals surface area contributed by atoms with Crippen LogP contribution < -0.4 is 16.2 Å². The fourth-order valence-corrected chi connectivity index (χ4v) is 5.89. The maximum atomic E-state index is 15.3. The average molecular weight is 636 g/mol. The number of imidazole rings is 1. The fraction of sp³-hybridized carbons (Fsp3) is 0.355. The molecule has 1 aliphatic heterocycles. The molecule has 1 saturated heterocycles. The van der Waals surface area contributed by atoms with Gasteiger partial charge in [-0.3, -0.25) is 14.2 Å². The number of carbonyl (C=O) groups is 1. The molecule has 15 heteroatoms. The molecule has 1 aliphatic carbocycles. The SMILES string of the molecule is CNc1ncc2nc(-c3cc(NC(=O)C4=CC=C(N5CCOCC5)C(n5cnc(C)c5)(C(F)(F)F)C4)ccc3C)c(=O)n(C)c2n1. The minimum absolute atomic E-state index is 0.0268. The molecule has 4 aromatic rings. The zero-order valence-electron chi connectivity index (χ0n) is 25.6. The van der Waals surface area contributed by atoms with Crippen LogP contribution in [0.15, 0.2) is 65.1 Å². The van der Waals surface area contributed by atoms with Crippen LogP contribution in [-0.2, 0) is 22.1 Å². The van der Waals surface area contributed by atoms with E-state index in [-0.39, 0.29) is 35.7 Å². The number of fused-ring (bicyclic) bond motifs is 1. The second-order valence-electron chi connectivity index (χ2n) is 11.3. The molecular weight excluding hydrogens is 603 g/mol. The van der Waals surface area contributed by atoms with Gasteiger partial charge in [0.25, 0.3) is 11.5 Å². The van der Waals surface area contributed by atoms with Gasteiger partial charge in [0.1, 0.15) is 11.2 Å². The monoisotopic (exact) mass is 635 g/mol. The first-order valence-electron chi connectivity index (χ1n) is 14.6. The van der Waals surface area contributed by atoms with E-state index in [1.165, 1.54) is 29.1 Å². The second kappa shape index (κ2) is 11.7. The van der Waals surface area contributed by atoms with E-state index in [9.17, 15) is 9.59 Å². The average Bonchev–Trinajstić information content (AvgIpc) is 3.49. The third-order valence-corrected chi connectivity index (χ3v) is 8.36. The van der Waals surface area contributed by atoms with Crippen molar-refractivity contribution in [3.63, 3.8) is 0 Å². The van der Waals surface area contributed by atoms with Crippen LogP contribution in [0.4, 0.5) is 24.8 Å². The Balaban J connectivity index is 1.37. The first-order chi connectivity index (χ1) is 21.9. The maximum Gasteiger partial charge on any atom is 0.418 e. The number of aryl methyl sites for hydroxylation is 3. The molecule has 2 N–H and O–H groups in total. The molecule has 240 valence electrons. The van der Waals surface area contributed by atoms with Crippen LogP contribution in [0.25, 0.3) is 22.4 Å². The van der Waals surface area contributed by atoms with Crippen LogP contribution in [0, 0.1) is 13.8 Å². The summed E-state index contributed by atoms with van der Waals surface area (Å²) in [6.45, 7) is 4.55. The number of benzene rings is 1. The van der Waals surface area contributed by atoms with E-state index < -0.39 is 29.6 Å². The van der Waals surface area contributed by atoms with Gasteiger partial charge in [-0.1, -0.05) is 12.1 Å². The van der Waals surface area contributed by atoms with Gasteiger partial charge < -0.3 is 24.8 Å². The lowest BCUT2D eigenvalue weighted by molar-refractivity contribution is -0.209. The summed E-state index contributed by atoms with van der Waals surface area (Å²) < 4.78 is 53.7. The highest BCUT2D eigenvalue weighted by atomic mass is 19.4. The standard InChI is InChI=1S/C31H32F3N9O3/c1-18-5-7-21(13-22(18)25-28(45)41(4)26-23(39-25)15-36-29(35-3)40-26)38-27(44)20-6-8-24(42-9-11-46-12-10-42)30(14-20,31(32,33)34)43-16-19(2)37-17-43/h5-8,13,15-17H,9-12,14H2,1-4H3,(H,38,44)(H,35,36,40). The Bertz CT molecular complexity index is 1960. The number of amides is 1. The van der Waals surface area contributed by atoms with E-state index in [2.05, 4.69) is 30.6 Å². The van der Waals surface area contributed by atoms with Crippen LogP contribution in [0.2, 0.25) is 0 Å². The number of halogens is 3. The quantitative estimate of drug-likeness (QED) is 0.326. The van der Waals surface area contributed by atoms with Crippen molar-refractivity contribution in [1.82, 2.24) is 34.0 Å². The first kappa shape index (κ1) is 31.0. The van der Waals surface area contributed by atoms with Crippen molar-refractivity contribution in [3.8, 4) is 11.3 Å². The van der Waals surface area contributed by atoms with Gasteiger partial charge in [-0.2, -0.15) is 18.2 Å². The third kappa shape index (κ3) is 5.29. The molecule has 4 heterocycles. The lowest BCUT2D eigenvalue weighted by Crippen LogP contribution is -2.56. The molecule has 0 spiro atoms. The number of carbonyl (C=O) groups excluding carboxylic acids is 1. The number of nitrogens with zero attached hydrogens (tertiary/aromatic N) is 7. The molecule has 2 aliphatic rings. The fourth-order valence-electron chi connectivity index (χ4n) is 5.89. The summed E-state index contributed by atoms with van der Waals surface area (Å²) in [7, 11) is 3.24. The number of hydrogen-bond donors (Lipinski definition) is 2. The van der Waals surface area contributed by atoms with E-state index in [1.807, 2.05) is 0 Å². The summed E-state index contributed by atoms with van der Waals surface area (Å²) >= 11 is 0. The van der Waals surface area contributed by atoms with Gasteiger partial charge in [-0.05, 0) is 37.6 Å². The number of nitrogens with one attached hydrogen (secondary N) is 2. The summed E-state index contributed by atoms with van der Waals surface area (Å²) in [5.41, 5.74) is -0.326. The topological polar surface area (TPSA) is 132 Å². The van der Waals surface area contributed by atoms with E-state index in [0.717, 1.165) is 10.9 Å². The number of hydrogen-bond acceptors (Lipinski definition) is 9. The first-order valence-corrected chi connectivity index (χ1v) is 14.6. The molecule has 1 atom stereocenters. The normalized spacial score (nSPS) is 18.7. The summed E-state index contributed by atoms with van der Waals surface area (Å²) in [6, 6.07) is 4.91. The summed E-state index contributed by atoms with van der Waals surface area (Å²) in [4.78, 5) is 45.8. The highest BCUT2D eigenvalue weighted by Crippen LogP contribution is 2.50. The molecule has 0 saturated carbocycles. The number of alkyl halides is 3. The van der Waals surface area contributed by atoms with Gasteiger partial charge >= 0.3 is 6.18 Å². The zero-order valence-corrected chi connectivity index (χ0v) is 25.6. The molecule has 12 nitrogen and oxygen atoms in total. The smallest absolute Gasteiger partial charge is 0.378 e. The minimum atomic E-state index is -4.78. The van der Waals surface area contributed by atoms with Gasteiger partial charge in [0, 0.05) is 62.3 Å². The van der Waals surface area contributed by atoms with Crippen LogP contribution in [0.5, 0.6) is 0 Å². The van der Waals surface area contributed by atoms with Crippen LogP contribution >= 0.6 is 0 Å². The maximum absolute atomic E-state index is 15.3. The lowest BCUT2D eigenvalue weighted by atomic mass is 9.80. The van der Waals surface area contributed by atoms with Crippen molar-refractivity contribution in [2.24, 2.45) is 7.05 Å². The molecule has 6 rings (SSSR count). The van der Waals surface area contributed by atoms with Crippen LogP contribution in [0.1, 0.15) is 17.7 Å². The van der Waals surface area contributed by atoms with Crippen LogP contribution in [-0.4, -0.2) is 79.4 Å². The largest absolute Gasteiger partial charge is 0.418 e. The van der Waals surface area contributed by atoms with Crippen molar-refractivity contribution in [1.29, 1.82) is 0 Å². The van der Waals surface area contributed by atoms with Crippen molar-refractivity contribution >= 4 is 28.7 Å². The van der Waals surface area contributed by atoms with Crippen molar-refractivity contribution in [3.05, 3.63) is 82.0 Å². The molecule has 0 radical (unpaired) electrons. The zero-order chi connectivity index (χ0) is 32.8. The van der Waals surface area contributed by atoms with E-state index in [1.54, 1.807) is 51.0 Å². The van der Waals surface area contributed by atoms with Crippen molar-refractivity contribution in [2.75, 3.05) is 44.0 Å². The highest BCUT2D eigenvalue weighted by molar-refractivity contribution is 6.04. The van der Waals surface area contributed by atoms with E-state index in [4.69, 9.17) is 4.74 Å². The Labute approximate surface area is 261 Å². The predicted molar refractivity (Wildman–Crippen MR) is 165 cm³/mol. The van der Waals surface area contributed by atoms with Gasteiger partial charge in [0.05, 0.1) is 31.4 Å². The Kier molecular flexibility index (Phi) is 7.88. The number of ether oxygens (including phenoxy) is 1. The lowest BCUT2D eigenvalue weighted by Gasteiger charge is -2.46. The Morgan fingerprint density at radius 2 is 1.85 bits per heavy atom. The van der Waals surface area contributed by atoms with Crippen molar-refractivity contribution in [2.45, 2.75) is 32.0 Å². The Morgan fingerprint density at radius 3 is 2.52 bits per heavy atom. The molecule has 1 fully saturated rings. The molecule has 1 aromatic carbocycles. The second-order valence-corrected chi connectivity index (χ2v) is 11.3. The Hall–Kier alpha value is -5.05. The van der Waals surface area contributed by atoms with Gasteiger partial charge in [0.15, 0.2) is 11.2 Å². The highest BCUT2D eigenvalue weighted by Gasteiger charge is 2.61.